The first-order valence-electron chi connectivity index (χ1n) is 6.74. The maximum absolute atomic E-state index is 13.7. The van der Waals surface area contributed by atoms with Crippen LogP contribution in [0.1, 0.15) is 32.1 Å². The monoisotopic (exact) mass is 301 g/mol. The van der Waals surface area contributed by atoms with Gasteiger partial charge in [-0.25, -0.2) is 17.8 Å². The quantitative estimate of drug-likeness (QED) is 0.914. The zero-order valence-corrected chi connectivity index (χ0v) is 12.4. The predicted octanol–water partition coefficient (Wildman–Crippen LogP) is 1.50. The summed E-state index contributed by atoms with van der Waals surface area (Å²) in [5.41, 5.74) is 5.21. The van der Waals surface area contributed by atoms with Gasteiger partial charge in [-0.1, -0.05) is 19.3 Å². The molecular formula is C13H20FN3O2S. The molecule has 1 aliphatic rings. The lowest BCUT2D eigenvalue weighted by molar-refractivity contribution is 0.158. The van der Waals surface area contributed by atoms with Crippen LogP contribution in [0.2, 0.25) is 0 Å². The molecule has 2 rings (SSSR count). The Labute approximate surface area is 119 Å². The molecule has 0 spiro atoms. The Bertz CT molecular complexity index is 571. The number of sulfonamides is 1. The minimum Gasteiger partial charge on any atom is -0.329 e. The molecule has 0 radical (unpaired) electrons. The Hall–Kier alpha value is -1.05. The molecule has 1 saturated carbocycles. The minimum absolute atomic E-state index is 0.233. The number of halogens is 1. The van der Waals surface area contributed by atoms with Gasteiger partial charge in [-0.05, 0) is 25.0 Å². The van der Waals surface area contributed by atoms with Crippen molar-refractivity contribution in [2.75, 3.05) is 13.6 Å². The summed E-state index contributed by atoms with van der Waals surface area (Å²) in [6, 6.07) is 2.47. The fraction of sp³-hybridized carbons (Fsp3) is 0.615. The van der Waals surface area contributed by atoms with E-state index in [9.17, 15) is 12.8 Å². The van der Waals surface area contributed by atoms with Crippen LogP contribution in [0.5, 0.6) is 0 Å². The van der Waals surface area contributed by atoms with Gasteiger partial charge in [0.25, 0.3) is 10.0 Å². The first kappa shape index (κ1) is 15.3. The van der Waals surface area contributed by atoms with Crippen LogP contribution in [0.4, 0.5) is 4.39 Å². The van der Waals surface area contributed by atoms with E-state index >= 15 is 0 Å². The van der Waals surface area contributed by atoms with Crippen molar-refractivity contribution in [1.82, 2.24) is 9.29 Å². The second-order valence-corrected chi connectivity index (χ2v) is 7.14. The first-order valence-corrected chi connectivity index (χ1v) is 8.18. The highest BCUT2D eigenvalue weighted by atomic mass is 32.2. The topological polar surface area (TPSA) is 76.3 Å². The van der Waals surface area contributed by atoms with Crippen molar-refractivity contribution in [1.29, 1.82) is 0 Å². The third-order valence-corrected chi connectivity index (χ3v) is 6.06. The molecule has 0 unspecified atom stereocenters. The van der Waals surface area contributed by atoms with Crippen LogP contribution in [0, 0.1) is 5.82 Å². The molecule has 0 aliphatic heterocycles. The molecule has 0 aromatic carbocycles. The Kier molecular flexibility index (Phi) is 4.41. The number of aromatic nitrogens is 1. The Balaban J connectivity index is 2.40. The highest BCUT2D eigenvalue weighted by Crippen LogP contribution is 2.35. The van der Waals surface area contributed by atoms with Gasteiger partial charge < -0.3 is 5.73 Å². The molecule has 0 bridgehead atoms. The number of likely N-dealkylation sites (N-methyl/N-ethyl adjacent to an activating group) is 1. The van der Waals surface area contributed by atoms with E-state index in [1.54, 1.807) is 0 Å². The van der Waals surface area contributed by atoms with E-state index in [1.165, 1.54) is 23.6 Å². The largest absolute Gasteiger partial charge is 0.329 e. The lowest BCUT2D eigenvalue weighted by Crippen LogP contribution is -2.55. The van der Waals surface area contributed by atoms with Crippen LogP contribution < -0.4 is 5.73 Å². The first-order chi connectivity index (χ1) is 9.44. The van der Waals surface area contributed by atoms with E-state index in [-0.39, 0.29) is 6.54 Å². The van der Waals surface area contributed by atoms with Crippen molar-refractivity contribution < 1.29 is 12.8 Å². The molecule has 0 amide bonds. The van der Waals surface area contributed by atoms with Crippen molar-refractivity contribution in [2.24, 2.45) is 5.73 Å². The zero-order valence-electron chi connectivity index (χ0n) is 11.5. The molecule has 20 heavy (non-hydrogen) atoms. The van der Waals surface area contributed by atoms with Gasteiger partial charge in [0.1, 0.15) is 0 Å². The summed E-state index contributed by atoms with van der Waals surface area (Å²) in [5.74, 6) is -0.831. The van der Waals surface area contributed by atoms with Crippen molar-refractivity contribution in [3.05, 3.63) is 24.1 Å². The lowest BCUT2D eigenvalue weighted by Gasteiger charge is -2.42. The van der Waals surface area contributed by atoms with Crippen LogP contribution in [0.15, 0.2) is 23.4 Å². The van der Waals surface area contributed by atoms with E-state index in [4.69, 9.17) is 5.73 Å². The molecule has 7 heteroatoms. The van der Waals surface area contributed by atoms with Crippen molar-refractivity contribution in [3.63, 3.8) is 0 Å². The highest BCUT2D eigenvalue weighted by molar-refractivity contribution is 7.89. The second kappa shape index (κ2) is 5.75. The number of nitrogens with zero attached hydrogens (tertiary/aromatic N) is 2. The molecule has 1 aromatic heterocycles. The standard InChI is InChI=1S/C13H20FN3O2S/c1-17(13(10-15)7-3-2-4-8-13)20(18,19)12-11(14)6-5-9-16-12/h5-6,9H,2-4,7-8,10,15H2,1H3. The predicted molar refractivity (Wildman–Crippen MR) is 74.0 cm³/mol. The van der Waals surface area contributed by atoms with Crippen LogP contribution in [0.3, 0.4) is 0 Å². The van der Waals surface area contributed by atoms with Crippen LogP contribution in [0.25, 0.3) is 0 Å². The number of nitrogens with two attached hydrogens (primary N) is 1. The second-order valence-electron chi connectivity index (χ2n) is 5.25. The van der Waals surface area contributed by atoms with Crippen molar-refractivity contribution >= 4 is 10.0 Å². The summed E-state index contributed by atoms with van der Waals surface area (Å²) in [4.78, 5) is 3.69. The summed E-state index contributed by atoms with van der Waals surface area (Å²) < 4.78 is 40.1. The third-order valence-electron chi connectivity index (χ3n) is 4.16. The number of hydrogen-bond donors (Lipinski definition) is 1. The minimum atomic E-state index is -3.97. The number of pyridine rings is 1. The van der Waals surface area contributed by atoms with Crippen LogP contribution in [-0.4, -0.2) is 36.8 Å². The molecule has 112 valence electrons. The third kappa shape index (κ3) is 2.57. The van der Waals surface area contributed by atoms with Gasteiger partial charge in [0.15, 0.2) is 5.82 Å². The molecule has 1 heterocycles. The van der Waals surface area contributed by atoms with E-state index in [1.807, 2.05) is 0 Å². The maximum atomic E-state index is 13.7. The average molecular weight is 301 g/mol. The normalized spacial score (nSPS) is 19.2. The van der Waals surface area contributed by atoms with E-state index in [0.29, 0.717) is 12.8 Å². The van der Waals surface area contributed by atoms with E-state index < -0.39 is 26.4 Å². The molecule has 5 nitrogen and oxygen atoms in total. The molecule has 2 N–H and O–H groups in total. The lowest BCUT2D eigenvalue weighted by atomic mass is 9.82. The Morgan fingerprint density at radius 3 is 2.60 bits per heavy atom. The fourth-order valence-electron chi connectivity index (χ4n) is 2.80. The van der Waals surface area contributed by atoms with E-state index in [2.05, 4.69) is 4.98 Å². The Morgan fingerprint density at radius 2 is 2.05 bits per heavy atom. The summed E-state index contributed by atoms with van der Waals surface area (Å²) in [6.45, 7) is 0.233. The van der Waals surface area contributed by atoms with Gasteiger partial charge >= 0.3 is 0 Å². The molecule has 0 atom stereocenters. The van der Waals surface area contributed by atoms with Crippen LogP contribution in [-0.2, 0) is 10.0 Å². The highest BCUT2D eigenvalue weighted by Gasteiger charge is 2.42. The van der Waals surface area contributed by atoms with Crippen molar-refractivity contribution in [3.8, 4) is 0 Å². The van der Waals surface area contributed by atoms with Gasteiger partial charge in [0.2, 0.25) is 5.03 Å². The summed E-state index contributed by atoms with van der Waals surface area (Å²) >= 11 is 0. The fourth-order valence-corrected chi connectivity index (χ4v) is 4.34. The van der Waals surface area contributed by atoms with Gasteiger partial charge in [0, 0.05) is 25.3 Å². The molecule has 1 fully saturated rings. The van der Waals surface area contributed by atoms with E-state index in [0.717, 1.165) is 25.3 Å². The van der Waals surface area contributed by atoms with Crippen molar-refractivity contribution in [2.45, 2.75) is 42.7 Å². The van der Waals surface area contributed by atoms with Crippen LogP contribution >= 0.6 is 0 Å². The molecule has 0 saturated heterocycles. The molecule has 1 aromatic rings. The summed E-state index contributed by atoms with van der Waals surface area (Å²) in [7, 11) is -2.50. The number of rotatable bonds is 4. The molecular weight excluding hydrogens is 281 g/mol. The number of hydrogen-bond acceptors (Lipinski definition) is 4. The zero-order chi connectivity index (χ0) is 14.8. The summed E-state index contributed by atoms with van der Waals surface area (Å²) in [5, 5.41) is -0.527. The van der Waals surface area contributed by atoms with Gasteiger partial charge in [0.05, 0.1) is 0 Å². The maximum Gasteiger partial charge on any atom is 0.263 e. The molecule has 1 aliphatic carbocycles. The summed E-state index contributed by atoms with van der Waals surface area (Å²) in [6.07, 6.45) is 5.62. The van der Waals surface area contributed by atoms with Gasteiger partial charge in [-0.3, -0.25) is 0 Å². The smallest absolute Gasteiger partial charge is 0.263 e. The Morgan fingerprint density at radius 1 is 1.40 bits per heavy atom. The SMILES string of the molecule is CN(C1(CN)CCCCC1)S(=O)(=O)c1ncccc1F. The van der Waals surface area contributed by atoms with Gasteiger partial charge in [-0.15, -0.1) is 0 Å². The van der Waals surface area contributed by atoms with Gasteiger partial charge in [-0.2, -0.15) is 4.31 Å². The average Bonchev–Trinajstić information content (AvgIpc) is 2.47.